The van der Waals surface area contributed by atoms with Gasteiger partial charge in [0.15, 0.2) is 0 Å². The number of amides is 2. The topological polar surface area (TPSA) is 49.4 Å². The number of carbonyl (C=O) groups is 2. The molecule has 0 aromatic carbocycles. The lowest BCUT2D eigenvalue weighted by Crippen LogP contribution is -2.64. The van der Waals surface area contributed by atoms with Crippen molar-refractivity contribution in [1.29, 1.82) is 0 Å². The Kier molecular flexibility index (Phi) is 5.17. The molecule has 0 unspecified atom stereocenters. The fourth-order valence-corrected chi connectivity index (χ4v) is 2.59. The van der Waals surface area contributed by atoms with E-state index < -0.39 is 5.54 Å². The number of rotatable bonds is 5. The fourth-order valence-electron chi connectivity index (χ4n) is 2.59. The molecule has 1 heterocycles. The molecule has 0 spiro atoms. The Labute approximate surface area is 110 Å². The zero-order chi connectivity index (χ0) is 13.8. The summed E-state index contributed by atoms with van der Waals surface area (Å²) in [6.07, 6.45) is 3.86. The summed E-state index contributed by atoms with van der Waals surface area (Å²) in [5.41, 5.74) is -0.713. The Hall–Kier alpha value is -1.06. The van der Waals surface area contributed by atoms with E-state index in [0.717, 1.165) is 25.7 Å². The first-order chi connectivity index (χ1) is 8.45. The van der Waals surface area contributed by atoms with Crippen LogP contribution in [0, 0.1) is 5.92 Å². The van der Waals surface area contributed by atoms with E-state index in [0.29, 0.717) is 13.1 Å². The summed E-state index contributed by atoms with van der Waals surface area (Å²) in [5.74, 6) is 0.178. The van der Waals surface area contributed by atoms with Crippen LogP contribution in [0.2, 0.25) is 0 Å². The number of hydrogen-bond donors (Lipinski definition) is 1. The minimum atomic E-state index is -0.713. The van der Waals surface area contributed by atoms with Gasteiger partial charge in [0, 0.05) is 19.0 Å². The maximum atomic E-state index is 12.6. The van der Waals surface area contributed by atoms with E-state index in [-0.39, 0.29) is 17.7 Å². The van der Waals surface area contributed by atoms with Crippen LogP contribution in [-0.2, 0) is 9.59 Å². The second-order valence-corrected chi connectivity index (χ2v) is 5.58. The molecular weight excluding hydrogens is 228 g/mol. The van der Waals surface area contributed by atoms with Crippen molar-refractivity contribution in [3.8, 4) is 0 Å². The lowest BCUT2D eigenvalue weighted by atomic mass is 9.92. The van der Waals surface area contributed by atoms with Crippen molar-refractivity contribution in [2.24, 2.45) is 5.92 Å². The first-order valence-electron chi connectivity index (χ1n) is 7.04. The molecule has 1 saturated heterocycles. The van der Waals surface area contributed by atoms with Gasteiger partial charge < -0.3 is 10.2 Å². The van der Waals surface area contributed by atoms with Gasteiger partial charge in [-0.3, -0.25) is 9.59 Å². The maximum Gasteiger partial charge on any atom is 0.245 e. The molecule has 0 aromatic rings. The van der Waals surface area contributed by atoms with E-state index in [4.69, 9.17) is 0 Å². The van der Waals surface area contributed by atoms with Crippen LogP contribution in [0.4, 0.5) is 0 Å². The van der Waals surface area contributed by atoms with Crippen LogP contribution >= 0.6 is 0 Å². The zero-order valence-corrected chi connectivity index (χ0v) is 12.1. The highest BCUT2D eigenvalue weighted by molar-refractivity contribution is 5.92. The third-order valence-corrected chi connectivity index (χ3v) is 3.74. The van der Waals surface area contributed by atoms with Crippen molar-refractivity contribution in [3.63, 3.8) is 0 Å². The van der Waals surface area contributed by atoms with Crippen molar-refractivity contribution >= 4 is 11.8 Å². The Morgan fingerprint density at radius 1 is 1.33 bits per heavy atom. The maximum absolute atomic E-state index is 12.6. The van der Waals surface area contributed by atoms with Gasteiger partial charge in [-0.2, -0.15) is 0 Å². The standard InChI is InChI=1S/C14H26N2O2/c1-5-7-11(8-6-2)12(17)16-10-9-15-13(18)14(16,3)4/h11H,5-10H2,1-4H3,(H,15,18). The molecule has 4 nitrogen and oxygen atoms in total. The summed E-state index contributed by atoms with van der Waals surface area (Å²) in [5, 5.41) is 2.83. The lowest BCUT2D eigenvalue weighted by Gasteiger charge is -2.42. The van der Waals surface area contributed by atoms with Gasteiger partial charge in [-0.25, -0.2) is 0 Å². The van der Waals surface area contributed by atoms with Gasteiger partial charge in [0.25, 0.3) is 0 Å². The minimum Gasteiger partial charge on any atom is -0.352 e. The molecule has 0 aromatic heterocycles. The van der Waals surface area contributed by atoms with E-state index in [9.17, 15) is 9.59 Å². The van der Waals surface area contributed by atoms with Gasteiger partial charge in [-0.05, 0) is 26.7 Å². The van der Waals surface area contributed by atoms with Crippen LogP contribution < -0.4 is 5.32 Å². The number of nitrogens with zero attached hydrogens (tertiary/aromatic N) is 1. The third-order valence-electron chi connectivity index (χ3n) is 3.74. The van der Waals surface area contributed by atoms with Gasteiger partial charge in [-0.1, -0.05) is 26.7 Å². The molecule has 1 aliphatic heterocycles. The number of carbonyl (C=O) groups excluding carboxylic acids is 2. The molecule has 0 aliphatic carbocycles. The van der Waals surface area contributed by atoms with Crippen LogP contribution in [0.5, 0.6) is 0 Å². The lowest BCUT2D eigenvalue weighted by molar-refractivity contribution is -0.152. The van der Waals surface area contributed by atoms with Crippen molar-refractivity contribution in [1.82, 2.24) is 10.2 Å². The van der Waals surface area contributed by atoms with Crippen molar-refractivity contribution in [2.45, 2.75) is 58.9 Å². The van der Waals surface area contributed by atoms with Crippen molar-refractivity contribution < 1.29 is 9.59 Å². The van der Waals surface area contributed by atoms with Crippen LogP contribution in [-0.4, -0.2) is 35.3 Å². The van der Waals surface area contributed by atoms with Crippen LogP contribution in [0.25, 0.3) is 0 Å². The molecule has 2 amide bonds. The molecule has 0 radical (unpaired) electrons. The first kappa shape index (κ1) is 15.0. The first-order valence-corrected chi connectivity index (χ1v) is 7.04. The molecule has 4 heteroatoms. The highest BCUT2D eigenvalue weighted by Crippen LogP contribution is 2.24. The molecule has 1 N–H and O–H groups in total. The molecule has 1 aliphatic rings. The van der Waals surface area contributed by atoms with Crippen LogP contribution in [0.15, 0.2) is 0 Å². The molecule has 0 saturated carbocycles. The molecule has 0 atom stereocenters. The van der Waals surface area contributed by atoms with E-state index >= 15 is 0 Å². The number of nitrogens with one attached hydrogen (secondary N) is 1. The van der Waals surface area contributed by atoms with Gasteiger partial charge in [0.2, 0.25) is 11.8 Å². The highest BCUT2D eigenvalue weighted by atomic mass is 16.2. The van der Waals surface area contributed by atoms with Crippen molar-refractivity contribution in [3.05, 3.63) is 0 Å². The summed E-state index contributed by atoms with van der Waals surface area (Å²) >= 11 is 0. The largest absolute Gasteiger partial charge is 0.352 e. The Morgan fingerprint density at radius 3 is 2.39 bits per heavy atom. The quantitative estimate of drug-likeness (QED) is 0.815. The SMILES string of the molecule is CCCC(CCC)C(=O)N1CCNC(=O)C1(C)C. The Bertz CT molecular complexity index is 307. The average Bonchev–Trinajstić information content (AvgIpc) is 2.31. The average molecular weight is 254 g/mol. The summed E-state index contributed by atoms with van der Waals surface area (Å²) < 4.78 is 0. The Balaban J connectivity index is 2.82. The Morgan fingerprint density at radius 2 is 1.89 bits per heavy atom. The molecule has 0 bridgehead atoms. The van der Waals surface area contributed by atoms with E-state index in [1.165, 1.54) is 0 Å². The summed E-state index contributed by atoms with van der Waals surface area (Å²) in [6.45, 7) is 9.05. The van der Waals surface area contributed by atoms with Gasteiger partial charge in [0.1, 0.15) is 5.54 Å². The monoisotopic (exact) mass is 254 g/mol. The van der Waals surface area contributed by atoms with E-state index in [1.54, 1.807) is 4.90 Å². The fraction of sp³-hybridized carbons (Fsp3) is 0.857. The summed E-state index contributed by atoms with van der Waals surface area (Å²) in [7, 11) is 0. The second-order valence-electron chi connectivity index (χ2n) is 5.58. The summed E-state index contributed by atoms with van der Waals surface area (Å²) in [6, 6.07) is 0. The molecule has 1 rings (SSSR count). The number of hydrogen-bond acceptors (Lipinski definition) is 2. The molecule has 18 heavy (non-hydrogen) atoms. The van der Waals surface area contributed by atoms with E-state index in [1.807, 2.05) is 13.8 Å². The predicted octanol–water partition coefficient (Wildman–Crippen LogP) is 1.94. The highest BCUT2D eigenvalue weighted by Gasteiger charge is 2.41. The van der Waals surface area contributed by atoms with Crippen LogP contribution in [0.3, 0.4) is 0 Å². The number of piperazine rings is 1. The smallest absolute Gasteiger partial charge is 0.245 e. The molecule has 104 valence electrons. The second kappa shape index (κ2) is 6.21. The van der Waals surface area contributed by atoms with Gasteiger partial charge in [0.05, 0.1) is 0 Å². The van der Waals surface area contributed by atoms with Gasteiger partial charge in [-0.15, -0.1) is 0 Å². The van der Waals surface area contributed by atoms with Gasteiger partial charge >= 0.3 is 0 Å². The van der Waals surface area contributed by atoms with Crippen molar-refractivity contribution in [2.75, 3.05) is 13.1 Å². The zero-order valence-electron chi connectivity index (χ0n) is 12.1. The third kappa shape index (κ3) is 3.03. The minimum absolute atomic E-state index is 0.0474. The molecule has 1 fully saturated rings. The summed E-state index contributed by atoms with van der Waals surface area (Å²) in [4.78, 5) is 26.2. The van der Waals surface area contributed by atoms with Crippen LogP contribution in [0.1, 0.15) is 53.4 Å². The normalized spacial score (nSPS) is 18.9. The van der Waals surface area contributed by atoms with E-state index in [2.05, 4.69) is 19.2 Å². The predicted molar refractivity (Wildman–Crippen MR) is 72.1 cm³/mol. The molecular formula is C14H26N2O2.